The van der Waals surface area contributed by atoms with E-state index in [1.54, 1.807) is 36.7 Å². The fourth-order valence-electron chi connectivity index (χ4n) is 3.48. The summed E-state index contributed by atoms with van der Waals surface area (Å²) >= 11 is 0. The fraction of sp³-hybridized carbons (Fsp3) is 0.208. The second-order valence-electron chi connectivity index (χ2n) is 7.75. The molecule has 2 heterocycles. The molecule has 33 heavy (non-hydrogen) atoms. The number of amides is 1. The Morgan fingerprint density at radius 3 is 2.67 bits per heavy atom. The lowest BCUT2D eigenvalue weighted by Gasteiger charge is -2.27. The molecule has 1 amide bonds. The highest BCUT2D eigenvalue weighted by atomic mass is 19.4. The summed E-state index contributed by atoms with van der Waals surface area (Å²) in [6, 6.07) is 9.27. The van der Waals surface area contributed by atoms with Gasteiger partial charge in [0.15, 0.2) is 0 Å². The van der Waals surface area contributed by atoms with Crippen molar-refractivity contribution >= 4 is 22.9 Å². The van der Waals surface area contributed by atoms with Gasteiger partial charge in [-0.25, -0.2) is 4.98 Å². The lowest BCUT2D eigenvalue weighted by molar-refractivity contribution is -0.137. The molecule has 0 atom stereocenters. The Labute approximate surface area is 188 Å². The Balaban J connectivity index is 1.58. The third-order valence-electron chi connectivity index (χ3n) is 5.39. The van der Waals surface area contributed by atoms with Gasteiger partial charge in [0.25, 0.3) is 5.91 Å². The smallest absolute Gasteiger partial charge is 0.380 e. The lowest BCUT2D eigenvalue weighted by atomic mass is 9.93. The van der Waals surface area contributed by atoms with Crippen molar-refractivity contribution in [1.82, 2.24) is 9.97 Å². The van der Waals surface area contributed by atoms with Crippen LogP contribution in [0.3, 0.4) is 0 Å². The molecule has 0 aliphatic carbocycles. The summed E-state index contributed by atoms with van der Waals surface area (Å²) in [7, 11) is 0. The van der Waals surface area contributed by atoms with Crippen LogP contribution in [0.4, 0.5) is 18.9 Å². The van der Waals surface area contributed by atoms with Gasteiger partial charge >= 0.3 is 6.18 Å². The number of hydrogen-bond donors (Lipinski definition) is 3. The summed E-state index contributed by atoms with van der Waals surface area (Å²) in [5.41, 5.74) is 1.86. The number of aromatic nitrogens is 2. The predicted molar refractivity (Wildman–Crippen MR) is 118 cm³/mol. The molecule has 0 unspecified atom stereocenters. The van der Waals surface area contributed by atoms with Gasteiger partial charge < -0.3 is 20.4 Å². The molecule has 3 N–H and O–H groups in total. The number of imidazole rings is 1. The molecular weight excluding hydrogens is 433 g/mol. The number of aryl methyl sites for hydroxylation is 1. The number of ether oxygens (including phenoxy) is 1. The molecule has 1 saturated heterocycles. The fourth-order valence-corrected chi connectivity index (χ4v) is 3.48. The standard InChI is InChI=1S/C24H21F3N4O2/c1-14-5-6-18(31-23(32)15-3-2-4-17(9-15)24(25,26)27)10-19(14)21(28)11-20(16-12-33-13-16)22-29-7-8-30-22/h2-11,16,28H,12-13H2,1H3,(H,29,30)(H,31,32)/b20-11-,28-21?. The zero-order chi connectivity index (χ0) is 23.6. The molecule has 170 valence electrons. The molecule has 0 saturated carbocycles. The van der Waals surface area contributed by atoms with Crippen molar-refractivity contribution in [2.75, 3.05) is 18.5 Å². The third kappa shape index (κ3) is 5.04. The van der Waals surface area contributed by atoms with Gasteiger partial charge in [0, 0.05) is 40.7 Å². The largest absolute Gasteiger partial charge is 0.416 e. The van der Waals surface area contributed by atoms with Gasteiger partial charge in [0.2, 0.25) is 0 Å². The Bertz CT molecular complexity index is 1210. The summed E-state index contributed by atoms with van der Waals surface area (Å²) in [5.74, 6) is 0.126. The predicted octanol–water partition coefficient (Wildman–Crippen LogP) is 5.09. The molecule has 6 nitrogen and oxygen atoms in total. The van der Waals surface area contributed by atoms with E-state index in [1.807, 2.05) is 6.92 Å². The van der Waals surface area contributed by atoms with Gasteiger partial charge in [-0.1, -0.05) is 12.1 Å². The van der Waals surface area contributed by atoms with Gasteiger partial charge in [0.05, 0.1) is 24.5 Å². The second-order valence-corrected chi connectivity index (χ2v) is 7.75. The average molecular weight is 454 g/mol. The van der Waals surface area contributed by atoms with E-state index >= 15 is 0 Å². The number of rotatable bonds is 6. The molecule has 0 spiro atoms. The van der Waals surface area contributed by atoms with Gasteiger partial charge in [-0.15, -0.1) is 0 Å². The van der Waals surface area contributed by atoms with Crippen molar-refractivity contribution in [3.8, 4) is 0 Å². The van der Waals surface area contributed by atoms with E-state index in [0.717, 1.165) is 23.3 Å². The lowest BCUT2D eigenvalue weighted by Crippen LogP contribution is -2.29. The monoisotopic (exact) mass is 454 g/mol. The van der Waals surface area contributed by atoms with E-state index in [2.05, 4.69) is 15.3 Å². The van der Waals surface area contributed by atoms with Crippen LogP contribution >= 0.6 is 0 Å². The first-order valence-electron chi connectivity index (χ1n) is 10.2. The first kappa shape index (κ1) is 22.5. The minimum absolute atomic E-state index is 0.105. The van der Waals surface area contributed by atoms with Crippen LogP contribution in [-0.2, 0) is 10.9 Å². The van der Waals surface area contributed by atoms with Crippen molar-refractivity contribution in [1.29, 1.82) is 5.41 Å². The Morgan fingerprint density at radius 1 is 1.24 bits per heavy atom. The summed E-state index contributed by atoms with van der Waals surface area (Å²) in [6.45, 7) is 2.94. The van der Waals surface area contributed by atoms with E-state index in [9.17, 15) is 18.0 Å². The number of carbonyl (C=O) groups excluding carboxylic acids is 1. The van der Waals surface area contributed by atoms with Crippen LogP contribution in [-0.4, -0.2) is 34.8 Å². The number of carbonyl (C=O) groups is 1. The molecule has 2 aromatic carbocycles. The summed E-state index contributed by atoms with van der Waals surface area (Å²) < 4.78 is 44.2. The van der Waals surface area contributed by atoms with Crippen LogP contribution in [0.15, 0.2) is 60.9 Å². The number of nitrogens with one attached hydrogen (secondary N) is 3. The van der Waals surface area contributed by atoms with Gasteiger partial charge in [-0.05, 0) is 48.9 Å². The van der Waals surface area contributed by atoms with Gasteiger partial charge in [0.1, 0.15) is 5.82 Å². The molecular formula is C24H21F3N4O2. The van der Waals surface area contributed by atoms with E-state index in [0.29, 0.717) is 30.3 Å². The van der Waals surface area contributed by atoms with Crippen molar-refractivity contribution in [2.45, 2.75) is 13.1 Å². The second kappa shape index (κ2) is 9.03. The van der Waals surface area contributed by atoms with Crippen LogP contribution in [0.2, 0.25) is 0 Å². The van der Waals surface area contributed by atoms with Crippen molar-refractivity contribution in [3.05, 3.63) is 89.0 Å². The molecule has 0 bridgehead atoms. The summed E-state index contributed by atoms with van der Waals surface area (Å²) in [6.07, 6.45) is 0.543. The third-order valence-corrected chi connectivity index (χ3v) is 5.39. The Morgan fingerprint density at radius 2 is 2.03 bits per heavy atom. The number of anilines is 1. The van der Waals surface area contributed by atoms with Crippen LogP contribution in [0.5, 0.6) is 0 Å². The van der Waals surface area contributed by atoms with Crippen molar-refractivity contribution in [3.63, 3.8) is 0 Å². The Kier molecular flexibility index (Phi) is 6.15. The van der Waals surface area contributed by atoms with Gasteiger partial charge in [-0.3, -0.25) is 4.79 Å². The molecule has 1 aromatic heterocycles. The minimum atomic E-state index is -4.54. The normalized spacial score (nSPS) is 14.6. The zero-order valence-electron chi connectivity index (χ0n) is 17.7. The highest BCUT2D eigenvalue weighted by Crippen LogP contribution is 2.30. The quantitative estimate of drug-likeness (QED) is 0.453. The van der Waals surface area contributed by atoms with E-state index < -0.39 is 17.6 Å². The van der Waals surface area contributed by atoms with E-state index in [4.69, 9.17) is 10.1 Å². The van der Waals surface area contributed by atoms with E-state index in [-0.39, 0.29) is 17.2 Å². The van der Waals surface area contributed by atoms with Crippen LogP contribution in [0.1, 0.15) is 32.9 Å². The zero-order valence-corrected chi connectivity index (χ0v) is 17.7. The number of aromatic amines is 1. The molecule has 1 fully saturated rings. The molecule has 1 aliphatic rings. The van der Waals surface area contributed by atoms with Crippen molar-refractivity contribution in [2.24, 2.45) is 5.92 Å². The number of allylic oxidation sites excluding steroid dienone is 1. The highest BCUT2D eigenvalue weighted by Gasteiger charge is 2.31. The number of H-pyrrole nitrogens is 1. The average Bonchev–Trinajstić information content (AvgIpc) is 3.27. The number of alkyl halides is 3. The van der Waals surface area contributed by atoms with Crippen LogP contribution in [0.25, 0.3) is 5.57 Å². The van der Waals surface area contributed by atoms with Crippen LogP contribution in [0, 0.1) is 18.3 Å². The maximum atomic E-state index is 13.0. The minimum Gasteiger partial charge on any atom is -0.380 e. The molecule has 9 heteroatoms. The molecule has 3 aromatic rings. The molecule has 0 radical (unpaired) electrons. The molecule has 4 rings (SSSR count). The number of halogens is 3. The first-order chi connectivity index (χ1) is 15.7. The summed E-state index contributed by atoms with van der Waals surface area (Å²) in [5, 5.41) is 11.3. The maximum Gasteiger partial charge on any atom is 0.416 e. The number of nitrogens with zero attached hydrogens (tertiary/aromatic N) is 1. The number of hydrogen-bond acceptors (Lipinski definition) is 4. The molecule has 1 aliphatic heterocycles. The SMILES string of the molecule is Cc1ccc(NC(=O)c2cccc(C(F)(F)F)c2)cc1C(=N)/C=C(\c1ncc[nH]1)C1COC1. The van der Waals surface area contributed by atoms with Gasteiger partial charge in [-0.2, -0.15) is 13.2 Å². The van der Waals surface area contributed by atoms with E-state index in [1.165, 1.54) is 12.1 Å². The summed E-state index contributed by atoms with van der Waals surface area (Å²) in [4.78, 5) is 19.9. The maximum absolute atomic E-state index is 13.0. The number of benzene rings is 2. The first-order valence-corrected chi connectivity index (χ1v) is 10.2. The van der Waals surface area contributed by atoms with Crippen LogP contribution < -0.4 is 5.32 Å². The Hall–Kier alpha value is -3.72. The topological polar surface area (TPSA) is 90.9 Å². The highest BCUT2D eigenvalue weighted by molar-refractivity contribution is 6.12. The van der Waals surface area contributed by atoms with Crippen molar-refractivity contribution < 1.29 is 22.7 Å².